The third kappa shape index (κ3) is 6.77. The van der Waals surface area contributed by atoms with Gasteiger partial charge in [-0.3, -0.25) is 0 Å². The second kappa shape index (κ2) is 7.54. The lowest BCUT2D eigenvalue weighted by molar-refractivity contribution is 0.191. The van der Waals surface area contributed by atoms with Gasteiger partial charge >= 0.3 is 0 Å². The van der Waals surface area contributed by atoms with E-state index < -0.39 is 0 Å². The zero-order valence-electron chi connectivity index (χ0n) is 12.2. The van der Waals surface area contributed by atoms with Crippen LogP contribution in [0.5, 0.6) is 0 Å². The third-order valence-electron chi connectivity index (χ3n) is 2.75. The van der Waals surface area contributed by atoms with Crippen molar-refractivity contribution in [3.8, 4) is 0 Å². The van der Waals surface area contributed by atoms with Crippen LogP contribution in [0, 0.1) is 0 Å². The van der Waals surface area contributed by atoms with Crippen molar-refractivity contribution in [3.63, 3.8) is 0 Å². The first kappa shape index (κ1) is 15.2. The maximum absolute atomic E-state index is 5.03. The maximum atomic E-state index is 5.03. The highest BCUT2D eigenvalue weighted by Gasteiger charge is 2.09. The molecule has 1 aromatic rings. The van der Waals surface area contributed by atoms with Crippen molar-refractivity contribution in [2.24, 2.45) is 0 Å². The number of hydrogen-bond donors (Lipinski definition) is 1. The van der Waals surface area contributed by atoms with Crippen molar-refractivity contribution in [3.05, 3.63) is 18.2 Å². The Bertz CT molecular complexity index is 328. The van der Waals surface area contributed by atoms with Crippen LogP contribution in [-0.2, 0) is 17.8 Å². The van der Waals surface area contributed by atoms with E-state index in [0.717, 1.165) is 31.8 Å². The van der Waals surface area contributed by atoms with Crippen molar-refractivity contribution in [1.29, 1.82) is 0 Å². The first-order chi connectivity index (χ1) is 8.51. The second-order valence-electron chi connectivity index (χ2n) is 5.76. The SMILES string of the molecule is COCCCCCn1cnc(CNC(C)(C)C)c1. The number of hydrogen-bond acceptors (Lipinski definition) is 3. The molecule has 0 saturated carbocycles. The predicted molar refractivity (Wildman–Crippen MR) is 74.5 cm³/mol. The summed E-state index contributed by atoms with van der Waals surface area (Å²) in [5.74, 6) is 0. The fourth-order valence-corrected chi connectivity index (χ4v) is 1.69. The van der Waals surface area contributed by atoms with Crippen molar-refractivity contribution in [1.82, 2.24) is 14.9 Å². The fraction of sp³-hybridized carbons (Fsp3) is 0.786. The molecule has 0 aliphatic heterocycles. The van der Waals surface area contributed by atoms with Crippen LogP contribution >= 0.6 is 0 Å². The van der Waals surface area contributed by atoms with Gasteiger partial charge in [0.05, 0.1) is 12.0 Å². The minimum Gasteiger partial charge on any atom is -0.385 e. The van der Waals surface area contributed by atoms with E-state index in [1.54, 1.807) is 7.11 Å². The smallest absolute Gasteiger partial charge is 0.0949 e. The van der Waals surface area contributed by atoms with Crippen molar-refractivity contribution in [2.75, 3.05) is 13.7 Å². The van der Waals surface area contributed by atoms with E-state index in [2.05, 4.69) is 41.8 Å². The number of nitrogens with zero attached hydrogens (tertiary/aromatic N) is 2. The molecular formula is C14H27N3O. The van der Waals surface area contributed by atoms with Gasteiger partial charge in [-0.15, -0.1) is 0 Å². The molecule has 0 radical (unpaired) electrons. The average Bonchev–Trinajstić information content (AvgIpc) is 2.73. The molecule has 4 nitrogen and oxygen atoms in total. The fourth-order valence-electron chi connectivity index (χ4n) is 1.69. The molecule has 4 heteroatoms. The topological polar surface area (TPSA) is 39.1 Å². The molecule has 0 bridgehead atoms. The molecule has 18 heavy (non-hydrogen) atoms. The summed E-state index contributed by atoms with van der Waals surface area (Å²) >= 11 is 0. The Hall–Kier alpha value is -0.870. The summed E-state index contributed by atoms with van der Waals surface area (Å²) in [5, 5.41) is 3.44. The van der Waals surface area contributed by atoms with Gasteiger partial charge in [0, 0.05) is 38.5 Å². The quantitative estimate of drug-likeness (QED) is 0.724. The average molecular weight is 253 g/mol. The molecular weight excluding hydrogens is 226 g/mol. The Kier molecular flexibility index (Phi) is 6.36. The highest BCUT2D eigenvalue weighted by atomic mass is 16.5. The van der Waals surface area contributed by atoms with Gasteiger partial charge in [-0.1, -0.05) is 0 Å². The van der Waals surface area contributed by atoms with E-state index in [1.165, 1.54) is 12.8 Å². The zero-order valence-corrected chi connectivity index (χ0v) is 12.2. The molecule has 0 spiro atoms. The minimum atomic E-state index is 0.143. The molecule has 0 amide bonds. The number of nitrogens with one attached hydrogen (secondary N) is 1. The van der Waals surface area contributed by atoms with Crippen LogP contribution in [-0.4, -0.2) is 28.8 Å². The van der Waals surface area contributed by atoms with Crippen molar-refractivity contribution in [2.45, 2.75) is 58.7 Å². The Balaban J connectivity index is 2.22. The van der Waals surface area contributed by atoms with E-state index in [9.17, 15) is 0 Å². The highest BCUT2D eigenvalue weighted by molar-refractivity contribution is 4.97. The number of aromatic nitrogens is 2. The molecule has 0 aromatic carbocycles. The van der Waals surface area contributed by atoms with Crippen molar-refractivity contribution >= 4 is 0 Å². The summed E-state index contributed by atoms with van der Waals surface area (Å²) in [4.78, 5) is 4.41. The molecule has 0 aliphatic rings. The molecule has 104 valence electrons. The summed E-state index contributed by atoms with van der Waals surface area (Å²) in [6, 6.07) is 0. The lowest BCUT2D eigenvalue weighted by Crippen LogP contribution is -2.35. The monoisotopic (exact) mass is 253 g/mol. The number of methoxy groups -OCH3 is 1. The normalized spacial score (nSPS) is 12.0. The number of rotatable bonds is 8. The molecule has 1 aromatic heterocycles. The van der Waals surface area contributed by atoms with Gasteiger partial charge < -0.3 is 14.6 Å². The number of ether oxygens (including phenoxy) is 1. The standard InChI is InChI=1S/C14H27N3O/c1-14(2,3)16-10-13-11-17(12-15-13)8-6-5-7-9-18-4/h11-12,16H,5-10H2,1-4H3. The van der Waals surface area contributed by atoms with Gasteiger partial charge in [-0.2, -0.15) is 0 Å². The molecule has 0 unspecified atom stereocenters. The van der Waals surface area contributed by atoms with Crippen LogP contribution in [0.3, 0.4) is 0 Å². The summed E-state index contributed by atoms with van der Waals surface area (Å²) in [7, 11) is 1.75. The van der Waals surface area contributed by atoms with E-state index in [1.807, 2.05) is 6.33 Å². The van der Waals surface area contributed by atoms with Crippen LogP contribution in [0.4, 0.5) is 0 Å². The molecule has 0 saturated heterocycles. The van der Waals surface area contributed by atoms with Crippen LogP contribution in [0.15, 0.2) is 12.5 Å². The molecule has 1 N–H and O–H groups in total. The van der Waals surface area contributed by atoms with E-state index in [4.69, 9.17) is 4.74 Å². The Morgan fingerprint density at radius 1 is 1.28 bits per heavy atom. The van der Waals surface area contributed by atoms with Gasteiger partial charge in [-0.25, -0.2) is 4.98 Å². The summed E-state index contributed by atoms with van der Waals surface area (Å²) in [6.45, 7) is 9.25. The lowest BCUT2D eigenvalue weighted by atomic mass is 10.1. The summed E-state index contributed by atoms with van der Waals surface area (Å²) < 4.78 is 7.21. The van der Waals surface area contributed by atoms with Gasteiger partial charge in [-0.05, 0) is 40.0 Å². The van der Waals surface area contributed by atoms with Crippen LogP contribution in [0.1, 0.15) is 45.7 Å². The Labute approximate surface area is 111 Å². The predicted octanol–water partition coefficient (Wildman–Crippen LogP) is 2.59. The van der Waals surface area contributed by atoms with Gasteiger partial charge in [0.15, 0.2) is 0 Å². The molecule has 0 atom stereocenters. The van der Waals surface area contributed by atoms with Gasteiger partial charge in [0.25, 0.3) is 0 Å². The maximum Gasteiger partial charge on any atom is 0.0949 e. The van der Waals surface area contributed by atoms with Crippen LogP contribution < -0.4 is 5.32 Å². The summed E-state index contributed by atoms with van der Waals surface area (Å²) in [5.41, 5.74) is 1.26. The van der Waals surface area contributed by atoms with E-state index in [-0.39, 0.29) is 5.54 Å². The second-order valence-corrected chi connectivity index (χ2v) is 5.76. The molecule has 0 fully saturated rings. The summed E-state index contributed by atoms with van der Waals surface area (Å²) in [6.07, 6.45) is 7.60. The Morgan fingerprint density at radius 2 is 2.06 bits per heavy atom. The highest BCUT2D eigenvalue weighted by Crippen LogP contribution is 2.04. The number of unbranched alkanes of at least 4 members (excludes halogenated alkanes) is 2. The number of imidazole rings is 1. The first-order valence-corrected chi connectivity index (χ1v) is 6.76. The van der Waals surface area contributed by atoms with Gasteiger partial charge in [0.1, 0.15) is 0 Å². The third-order valence-corrected chi connectivity index (χ3v) is 2.75. The van der Waals surface area contributed by atoms with E-state index in [0.29, 0.717) is 0 Å². The molecule has 0 aliphatic carbocycles. The zero-order chi connectivity index (χ0) is 13.4. The largest absolute Gasteiger partial charge is 0.385 e. The number of aryl methyl sites for hydroxylation is 1. The van der Waals surface area contributed by atoms with Crippen molar-refractivity contribution < 1.29 is 4.74 Å². The molecule has 1 heterocycles. The lowest BCUT2D eigenvalue weighted by Gasteiger charge is -2.19. The van der Waals surface area contributed by atoms with E-state index >= 15 is 0 Å². The minimum absolute atomic E-state index is 0.143. The first-order valence-electron chi connectivity index (χ1n) is 6.76. The van der Waals surface area contributed by atoms with Crippen LogP contribution in [0.25, 0.3) is 0 Å². The molecule has 1 rings (SSSR count). The Morgan fingerprint density at radius 3 is 2.72 bits per heavy atom. The van der Waals surface area contributed by atoms with Gasteiger partial charge in [0.2, 0.25) is 0 Å². The van der Waals surface area contributed by atoms with Crippen LogP contribution in [0.2, 0.25) is 0 Å².